The van der Waals surface area contributed by atoms with Crippen LogP contribution in [0.3, 0.4) is 0 Å². The van der Waals surface area contributed by atoms with Crippen LogP contribution in [0.4, 0.5) is 0 Å². The Kier molecular flexibility index (Phi) is 5.97. The lowest BCUT2D eigenvalue weighted by Gasteiger charge is -2.07. The van der Waals surface area contributed by atoms with Crippen molar-refractivity contribution in [2.24, 2.45) is 5.10 Å². The van der Waals surface area contributed by atoms with E-state index in [2.05, 4.69) is 26.5 Å². The van der Waals surface area contributed by atoms with Crippen molar-refractivity contribution in [1.82, 2.24) is 5.43 Å². The molecular weight excluding hydrogens is 388 g/mol. The molecule has 0 heterocycles. The van der Waals surface area contributed by atoms with Gasteiger partial charge in [-0.25, -0.2) is 5.43 Å². The van der Waals surface area contributed by atoms with Crippen LogP contribution in [-0.2, 0) is 11.2 Å². The molecule has 0 aliphatic rings. The van der Waals surface area contributed by atoms with Gasteiger partial charge in [0, 0.05) is 4.47 Å². The number of carbonyl (C=O) groups excluding carboxylic acids is 1. The largest absolute Gasteiger partial charge is 0.273 e. The zero-order valence-electron chi connectivity index (χ0n) is 14.4. The molecule has 0 atom stereocenters. The molecule has 3 aromatic rings. The van der Waals surface area contributed by atoms with Crippen LogP contribution in [0.1, 0.15) is 18.1 Å². The highest BCUT2D eigenvalue weighted by Crippen LogP contribution is 2.27. The Bertz CT molecular complexity index is 978. The van der Waals surface area contributed by atoms with Gasteiger partial charge in [0.05, 0.1) is 12.1 Å². The molecule has 0 fully saturated rings. The first-order chi connectivity index (χ1) is 12.6. The normalized spacial score (nSPS) is 11.8. The van der Waals surface area contributed by atoms with Gasteiger partial charge in [-0.2, -0.15) is 5.10 Å². The van der Waals surface area contributed by atoms with Crippen molar-refractivity contribution in [2.75, 3.05) is 0 Å². The van der Waals surface area contributed by atoms with Crippen LogP contribution >= 0.6 is 15.9 Å². The third-order valence-electron chi connectivity index (χ3n) is 3.99. The average molecular weight is 407 g/mol. The van der Waals surface area contributed by atoms with Gasteiger partial charge in [0.25, 0.3) is 0 Å². The summed E-state index contributed by atoms with van der Waals surface area (Å²) in [6, 6.07) is 22.0. The van der Waals surface area contributed by atoms with E-state index < -0.39 is 0 Å². The molecule has 0 unspecified atom stereocenters. The van der Waals surface area contributed by atoms with Gasteiger partial charge in [-0.05, 0) is 41.0 Å². The van der Waals surface area contributed by atoms with Crippen LogP contribution in [-0.4, -0.2) is 11.6 Å². The zero-order valence-corrected chi connectivity index (χ0v) is 16.0. The fourth-order valence-corrected chi connectivity index (χ4v) is 3.14. The minimum Gasteiger partial charge on any atom is -0.273 e. The summed E-state index contributed by atoms with van der Waals surface area (Å²) in [7, 11) is 0. The molecule has 3 nitrogen and oxygen atoms in total. The van der Waals surface area contributed by atoms with Crippen molar-refractivity contribution in [3.63, 3.8) is 0 Å². The fraction of sp³-hybridized carbons (Fsp3) is 0.0909. The van der Waals surface area contributed by atoms with E-state index in [0.29, 0.717) is 0 Å². The Morgan fingerprint density at radius 2 is 1.69 bits per heavy atom. The highest BCUT2D eigenvalue weighted by atomic mass is 79.9. The quantitative estimate of drug-likeness (QED) is 0.450. The molecule has 26 heavy (non-hydrogen) atoms. The van der Waals surface area contributed by atoms with Crippen molar-refractivity contribution >= 4 is 44.4 Å². The Balaban J connectivity index is 1.66. The number of allylic oxidation sites excluding steroid dienone is 1. The summed E-state index contributed by atoms with van der Waals surface area (Å²) in [5, 5.41) is 6.33. The topological polar surface area (TPSA) is 41.5 Å². The summed E-state index contributed by atoms with van der Waals surface area (Å²) >= 11 is 3.55. The molecule has 0 saturated carbocycles. The van der Waals surface area contributed by atoms with E-state index in [1.165, 1.54) is 0 Å². The molecule has 0 saturated heterocycles. The number of hydrogen-bond donors (Lipinski definition) is 1. The van der Waals surface area contributed by atoms with Crippen molar-refractivity contribution < 1.29 is 4.79 Å². The molecule has 0 radical (unpaired) electrons. The first-order valence-corrected chi connectivity index (χ1v) is 9.15. The van der Waals surface area contributed by atoms with Gasteiger partial charge in [-0.15, -0.1) is 0 Å². The van der Waals surface area contributed by atoms with E-state index in [9.17, 15) is 4.79 Å². The zero-order chi connectivity index (χ0) is 18.4. The van der Waals surface area contributed by atoms with Crippen molar-refractivity contribution in [2.45, 2.75) is 13.3 Å². The standard InChI is InChI=1S/C22H19BrN2O/c1-16(11-12-17-7-3-2-4-8-17)24-25-22(26)15-18-13-14-21(23)20-10-6-5-9-19(18)20/h2-14H,15H2,1H3,(H,25,26)/b12-11+,24-16+. The summed E-state index contributed by atoms with van der Waals surface area (Å²) in [6.45, 7) is 1.86. The number of hydrogen-bond acceptors (Lipinski definition) is 2. The van der Waals surface area contributed by atoms with Crippen LogP contribution in [0, 0.1) is 0 Å². The first kappa shape index (κ1) is 18.1. The summed E-state index contributed by atoms with van der Waals surface area (Å²) in [4.78, 5) is 12.3. The summed E-state index contributed by atoms with van der Waals surface area (Å²) in [5.74, 6) is -0.134. The third kappa shape index (κ3) is 4.67. The van der Waals surface area contributed by atoms with Crippen molar-refractivity contribution in [3.05, 3.63) is 88.4 Å². The molecule has 0 spiro atoms. The minimum atomic E-state index is -0.134. The highest BCUT2D eigenvalue weighted by molar-refractivity contribution is 9.10. The first-order valence-electron chi connectivity index (χ1n) is 8.36. The van der Waals surface area contributed by atoms with E-state index in [-0.39, 0.29) is 12.3 Å². The average Bonchev–Trinajstić information content (AvgIpc) is 2.68. The van der Waals surface area contributed by atoms with Gasteiger partial charge in [0.2, 0.25) is 5.91 Å². The third-order valence-corrected chi connectivity index (χ3v) is 4.68. The second-order valence-corrected chi connectivity index (χ2v) is 6.82. The Hall–Kier alpha value is -2.72. The minimum absolute atomic E-state index is 0.134. The number of nitrogens with one attached hydrogen (secondary N) is 1. The van der Waals surface area contributed by atoms with Gasteiger partial charge >= 0.3 is 0 Å². The van der Waals surface area contributed by atoms with Crippen molar-refractivity contribution in [1.29, 1.82) is 0 Å². The Morgan fingerprint density at radius 3 is 2.46 bits per heavy atom. The van der Waals surface area contributed by atoms with Crippen LogP contribution < -0.4 is 5.43 Å². The number of hydrazone groups is 1. The predicted octanol–water partition coefficient (Wildman–Crippen LogP) is 5.35. The SMILES string of the molecule is CC(/C=C/c1ccccc1)=N\NC(=O)Cc1ccc(Br)c2ccccc12. The van der Waals surface area contributed by atoms with Crippen LogP contribution in [0.25, 0.3) is 16.8 Å². The maximum atomic E-state index is 12.3. The maximum Gasteiger partial charge on any atom is 0.244 e. The van der Waals surface area contributed by atoms with E-state index >= 15 is 0 Å². The number of amides is 1. The second-order valence-electron chi connectivity index (χ2n) is 5.96. The van der Waals surface area contributed by atoms with Gasteiger partial charge in [0.15, 0.2) is 0 Å². The second kappa shape index (κ2) is 8.59. The van der Waals surface area contributed by atoms with E-state index in [4.69, 9.17) is 0 Å². The summed E-state index contributed by atoms with van der Waals surface area (Å²) in [5.41, 5.74) is 5.44. The maximum absolute atomic E-state index is 12.3. The number of benzene rings is 3. The number of nitrogens with zero attached hydrogens (tertiary/aromatic N) is 1. The molecule has 4 heteroatoms. The molecule has 130 valence electrons. The number of carbonyl (C=O) groups is 1. The summed E-state index contributed by atoms with van der Waals surface area (Å²) in [6.07, 6.45) is 4.13. The van der Waals surface area contributed by atoms with Crippen LogP contribution in [0.5, 0.6) is 0 Å². The van der Waals surface area contributed by atoms with Crippen LogP contribution in [0.15, 0.2) is 82.4 Å². The number of fused-ring (bicyclic) bond motifs is 1. The highest BCUT2D eigenvalue weighted by Gasteiger charge is 2.08. The molecule has 0 bridgehead atoms. The fourth-order valence-electron chi connectivity index (χ4n) is 2.66. The van der Waals surface area contributed by atoms with E-state index in [0.717, 1.165) is 32.1 Å². The molecule has 1 N–H and O–H groups in total. The molecular formula is C22H19BrN2O. The molecule has 3 aromatic carbocycles. The molecule has 0 aliphatic heterocycles. The lowest BCUT2D eigenvalue weighted by atomic mass is 10.0. The Morgan fingerprint density at radius 1 is 1.00 bits per heavy atom. The van der Waals surface area contributed by atoms with Gasteiger partial charge in [-0.1, -0.05) is 82.7 Å². The van der Waals surface area contributed by atoms with E-state index in [1.807, 2.05) is 85.8 Å². The lowest BCUT2D eigenvalue weighted by Crippen LogP contribution is -2.20. The molecule has 3 rings (SSSR count). The van der Waals surface area contributed by atoms with Crippen molar-refractivity contribution in [3.8, 4) is 0 Å². The van der Waals surface area contributed by atoms with Gasteiger partial charge < -0.3 is 0 Å². The van der Waals surface area contributed by atoms with Crippen LogP contribution in [0.2, 0.25) is 0 Å². The predicted molar refractivity (Wildman–Crippen MR) is 112 cm³/mol. The number of halogens is 1. The van der Waals surface area contributed by atoms with E-state index in [1.54, 1.807) is 0 Å². The molecule has 1 amide bonds. The Labute approximate surface area is 161 Å². The monoisotopic (exact) mass is 406 g/mol. The number of rotatable bonds is 5. The lowest BCUT2D eigenvalue weighted by molar-refractivity contribution is -0.120. The molecule has 0 aromatic heterocycles. The summed E-state index contributed by atoms with van der Waals surface area (Å²) < 4.78 is 1.03. The van der Waals surface area contributed by atoms with Gasteiger partial charge in [-0.3, -0.25) is 4.79 Å². The van der Waals surface area contributed by atoms with Gasteiger partial charge in [0.1, 0.15) is 0 Å². The molecule has 0 aliphatic carbocycles. The smallest absolute Gasteiger partial charge is 0.244 e.